The van der Waals surface area contributed by atoms with E-state index in [1.807, 2.05) is 13.0 Å². The summed E-state index contributed by atoms with van der Waals surface area (Å²) >= 11 is 0. The highest BCUT2D eigenvalue weighted by Gasteiger charge is 2.41. The van der Waals surface area contributed by atoms with Crippen LogP contribution in [0.4, 0.5) is 11.4 Å². The van der Waals surface area contributed by atoms with E-state index >= 15 is 0 Å². The second-order valence-corrected chi connectivity index (χ2v) is 10.4. The Bertz CT molecular complexity index is 1190. The second kappa shape index (κ2) is 11.1. The van der Waals surface area contributed by atoms with E-state index in [0.717, 1.165) is 44.1 Å². The molecule has 5 rings (SSSR count). The summed E-state index contributed by atoms with van der Waals surface area (Å²) in [7, 11) is 1.55. The van der Waals surface area contributed by atoms with Crippen LogP contribution in [0, 0.1) is 0 Å². The summed E-state index contributed by atoms with van der Waals surface area (Å²) in [6.07, 6.45) is 6.33. The van der Waals surface area contributed by atoms with E-state index in [0.29, 0.717) is 22.8 Å². The molecule has 2 heterocycles. The number of amides is 3. The van der Waals surface area contributed by atoms with Crippen molar-refractivity contribution in [2.45, 2.75) is 69.7 Å². The third-order valence-electron chi connectivity index (χ3n) is 7.62. The van der Waals surface area contributed by atoms with Crippen molar-refractivity contribution in [3.63, 3.8) is 0 Å². The monoisotopic (exact) mass is 521 g/mol. The number of anilines is 2. The highest BCUT2D eigenvalue weighted by molar-refractivity contribution is 6.13. The summed E-state index contributed by atoms with van der Waals surface area (Å²) in [6, 6.07) is 8.79. The van der Waals surface area contributed by atoms with Crippen LogP contribution < -0.4 is 25.2 Å². The van der Waals surface area contributed by atoms with Gasteiger partial charge in [0.25, 0.3) is 5.91 Å². The van der Waals surface area contributed by atoms with Gasteiger partial charge >= 0.3 is 0 Å². The van der Waals surface area contributed by atoms with Crippen LogP contribution in [0.3, 0.4) is 0 Å². The molecule has 10 nitrogen and oxygen atoms in total. The third-order valence-corrected chi connectivity index (χ3v) is 7.62. The molecule has 1 aromatic carbocycles. The fourth-order valence-corrected chi connectivity index (χ4v) is 5.21. The Morgan fingerprint density at radius 3 is 2.53 bits per heavy atom. The number of aliphatic hydroxyl groups is 1. The number of aromatic nitrogens is 1. The van der Waals surface area contributed by atoms with Gasteiger partial charge in [-0.25, -0.2) is 4.98 Å². The van der Waals surface area contributed by atoms with Crippen LogP contribution in [0.25, 0.3) is 0 Å². The largest absolute Gasteiger partial charge is 0.481 e. The standard InChI is InChI=1S/C28H35N5O5/c1-17(19-4-12-25(38-2)30-14-19)31-28(37)18-3-11-23-24(13-18)32(16-27(36)33(23)21-7-8-21)26(35)15-29-20-5-9-22(34)10-6-20/h3-4,11-14,17,20-22,29,34H,5-10,15-16H2,1-2H3,(H,31,37). The molecule has 0 radical (unpaired) electrons. The Hall–Kier alpha value is -3.50. The first-order valence-corrected chi connectivity index (χ1v) is 13.3. The lowest BCUT2D eigenvalue weighted by atomic mass is 9.93. The van der Waals surface area contributed by atoms with Crippen molar-refractivity contribution in [3.8, 4) is 5.88 Å². The molecule has 10 heteroatoms. The van der Waals surface area contributed by atoms with E-state index < -0.39 is 0 Å². The van der Waals surface area contributed by atoms with Crippen LogP contribution in [-0.4, -0.2) is 66.2 Å². The maximum atomic E-state index is 13.3. The number of fused-ring (bicyclic) bond motifs is 1. The number of hydrogen-bond acceptors (Lipinski definition) is 7. The van der Waals surface area contributed by atoms with Crippen LogP contribution in [0.1, 0.15) is 67.4 Å². The van der Waals surface area contributed by atoms with Crippen molar-refractivity contribution in [3.05, 3.63) is 47.7 Å². The summed E-state index contributed by atoms with van der Waals surface area (Å²) in [5.41, 5.74) is 2.49. The average molecular weight is 522 g/mol. The van der Waals surface area contributed by atoms with Gasteiger partial charge in [0.15, 0.2) is 0 Å². The zero-order chi connectivity index (χ0) is 26.8. The van der Waals surface area contributed by atoms with E-state index in [4.69, 9.17) is 4.74 Å². The van der Waals surface area contributed by atoms with E-state index in [1.165, 1.54) is 4.90 Å². The number of carbonyl (C=O) groups excluding carboxylic acids is 3. The summed E-state index contributed by atoms with van der Waals surface area (Å²) < 4.78 is 5.10. The Kier molecular flexibility index (Phi) is 7.62. The van der Waals surface area contributed by atoms with Gasteiger partial charge in [-0.05, 0) is 69.2 Å². The Morgan fingerprint density at radius 2 is 1.87 bits per heavy atom. The van der Waals surface area contributed by atoms with Gasteiger partial charge in [0, 0.05) is 29.9 Å². The SMILES string of the molecule is COc1ccc(C(C)NC(=O)c2ccc3c(c2)N(C(=O)CNC2CCC(O)CC2)CC(=O)N3C2CC2)cn1. The van der Waals surface area contributed by atoms with Crippen molar-refractivity contribution in [1.29, 1.82) is 0 Å². The van der Waals surface area contributed by atoms with Gasteiger partial charge in [-0.2, -0.15) is 0 Å². The van der Waals surface area contributed by atoms with Crippen LogP contribution >= 0.6 is 0 Å². The minimum atomic E-state index is -0.294. The Morgan fingerprint density at radius 1 is 1.11 bits per heavy atom. The van der Waals surface area contributed by atoms with Crippen molar-refractivity contribution in [2.24, 2.45) is 0 Å². The minimum absolute atomic E-state index is 0.0492. The first-order valence-electron chi connectivity index (χ1n) is 13.3. The van der Waals surface area contributed by atoms with Gasteiger partial charge in [-0.3, -0.25) is 19.3 Å². The van der Waals surface area contributed by atoms with Crippen molar-refractivity contribution >= 4 is 29.1 Å². The van der Waals surface area contributed by atoms with E-state index in [1.54, 1.807) is 42.5 Å². The van der Waals surface area contributed by atoms with Gasteiger partial charge in [0.2, 0.25) is 17.7 Å². The number of benzene rings is 1. The predicted molar refractivity (Wildman–Crippen MR) is 142 cm³/mol. The molecular weight excluding hydrogens is 486 g/mol. The summed E-state index contributed by atoms with van der Waals surface area (Å²) in [5.74, 6) is -0.0993. The van der Waals surface area contributed by atoms with Gasteiger partial charge in [-0.1, -0.05) is 6.07 Å². The van der Waals surface area contributed by atoms with Crippen molar-refractivity contribution < 1.29 is 24.2 Å². The quantitative estimate of drug-likeness (QED) is 0.487. The molecule has 38 heavy (non-hydrogen) atoms. The first-order chi connectivity index (χ1) is 18.3. The van der Waals surface area contributed by atoms with Crippen molar-refractivity contribution in [2.75, 3.05) is 30.0 Å². The maximum Gasteiger partial charge on any atom is 0.251 e. The van der Waals surface area contributed by atoms with Crippen molar-refractivity contribution in [1.82, 2.24) is 15.6 Å². The number of nitrogens with zero attached hydrogens (tertiary/aromatic N) is 3. The van der Waals surface area contributed by atoms with Crippen LogP contribution in [0.5, 0.6) is 5.88 Å². The number of ether oxygens (including phenoxy) is 1. The number of rotatable bonds is 8. The molecule has 3 aliphatic rings. The molecule has 202 valence electrons. The van der Waals surface area contributed by atoms with Crippen LogP contribution in [0.15, 0.2) is 36.5 Å². The number of pyridine rings is 1. The molecule has 1 aliphatic heterocycles. The number of carbonyl (C=O) groups is 3. The maximum absolute atomic E-state index is 13.3. The highest BCUT2D eigenvalue weighted by atomic mass is 16.5. The molecule has 1 unspecified atom stereocenters. The molecule has 0 spiro atoms. The van der Waals surface area contributed by atoms with Gasteiger partial charge < -0.3 is 25.4 Å². The van der Waals surface area contributed by atoms with E-state index in [-0.39, 0.29) is 55.0 Å². The average Bonchev–Trinajstić information content (AvgIpc) is 3.77. The zero-order valence-corrected chi connectivity index (χ0v) is 21.9. The molecule has 2 saturated carbocycles. The molecular formula is C28H35N5O5. The fourth-order valence-electron chi connectivity index (χ4n) is 5.21. The lowest BCUT2D eigenvalue weighted by Crippen LogP contribution is -2.52. The third kappa shape index (κ3) is 5.66. The van der Waals surface area contributed by atoms with E-state index in [2.05, 4.69) is 15.6 Å². The minimum Gasteiger partial charge on any atom is -0.481 e. The van der Waals surface area contributed by atoms with Crippen LogP contribution in [0.2, 0.25) is 0 Å². The topological polar surface area (TPSA) is 124 Å². The normalized spacial score (nSPS) is 22.0. The summed E-state index contributed by atoms with van der Waals surface area (Å²) in [4.78, 5) is 47.1. The van der Waals surface area contributed by atoms with Gasteiger partial charge in [0.05, 0.1) is 37.2 Å². The lowest BCUT2D eigenvalue weighted by Gasteiger charge is -2.37. The summed E-state index contributed by atoms with van der Waals surface area (Å²) in [5, 5.41) is 16.0. The molecule has 0 saturated heterocycles. The number of aliphatic hydroxyl groups excluding tert-OH is 1. The fraction of sp³-hybridized carbons (Fsp3) is 0.500. The van der Waals surface area contributed by atoms with Gasteiger partial charge in [-0.15, -0.1) is 0 Å². The molecule has 3 N–H and O–H groups in total. The summed E-state index contributed by atoms with van der Waals surface area (Å²) in [6.45, 7) is 1.92. The zero-order valence-electron chi connectivity index (χ0n) is 21.9. The van der Waals surface area contributed by atoms with Crippen LogP contribution in [-0.2, 0) is 9.59 Å². The highest BCUT2D eigenvalue weighted by Crippen LogP contribution is 2.41. The molecule has 1 atom stereocenters. The Labute approximate surface area is 222 Å². The Balaban J connectivity index is 1.33. The molecule has 0 bridgehead atoms. The molecule has 2 aliphatic carbocycles. The smallest absolute Gasteiger partial charge is 0.251 e. The van der Waals surface area contributed by atoms with Gasteiger partial charge in [0.1, 0.15) is 6.54 Å². The molecule has 2 fully saturated rings. The lowest BCUT2D eigenvalue weighted by molar-refractivity contribution is -0.122. The number of hydrogen-bond donors (Lipinski definition) is 3. The first kappa shape index (κ1) is 26.1. The second-order valence-electron chi connectivity index (χ2n) is 10.4. The number of methoxy groups -OCH3 is 1. The molecule has 1 aromatic heterocycles. The number of nitrogens with one attached hydrogen (secondary N) is 2. The molecule has 2 aromatic rings. The molecule has 3 amide bonds. The van der Waals surface area contributed by atoms with E-state index in [9.17, 15) is 19.5 Å². The predicted octanol–water partition coefficient (Wildman–Crippen LogP) is 2.32.